The number of pyridine rings is 1. The van der Waals surface area contributed by atoms with Gasteiger partial charge in [0, 0.05) is 0 Å². The van der Waals surface area contributed by atoms with Gasteiger partial charge in [-0.2, -0.15) is 4.39 Å². The van der Waals surface area contributed by atoms with Crippen molar-refractivity contribution in [1.29, 1.82) is 0 Å². The Balaban J connectivity index is 2.14. The van der Waals surface area contributed by atoms with E-state index >= 15 is 0 Å². The van der Waals surface area contributed by atoms with Gasteiger partial charge in [-0.15, -0.1) is 0 Å². The van der Waals surface area contributed by atoms with Crippen LogP contribution >= 0.6 is 0 Å². The van der Waals surface area contributed by atoms with E-state index in [2.05, 4.69) is 11.9 Å². The van der Waals surface area contributed by atoms with Crippen LogP contribution in [0.2, 0.25) is 0 Å². The Morgan fingerprint density at radius 2 is 1.94 bits per heavy atom. The maximum absolute atomic E-state index is 12.8. The molecule has 3 nitrogen and oxygen atoms in total. The summed E-state index contributed by atoms with van der Waals surface area (Å²) >= 11 is 0. The molecule has 100 valence electrons. The predicted molar refractivity (Wildman–Crippen MR) is 67.9 cm³/mol. The number of ether oxygens (including phenoxy) is 1. The minimum Gasteiger partial charge on any atom is -0.461 e. The predicted octanol–water partition coefficient (Wildman–Crippen LogP) is 3.74. The lowest BCUT2D eigenvalue weighted by molar-refractivity contribution is 0.0489. The van der Waals surface area contributed by atoms with Crippen molar-refractivity contribution >= 4 is 5.97 Å². The van der Waals surface area contributed by atoms with E-state index in [1.807, 2.05) is 0 Å². The number of esters is 1. The average molecular weight is 253 g/mol. The van der Waals surface area contributed by atoms with Gasteiger partial charge in [-0.25, -0.2) is 9.78 Å². The van der Waals surface area contributed by atoms with Crippen molar-refractivity contribution in [1.82, 2.24) is 4.98 Å². The molecule has 1 aromatic heterocycles. The monoisotopic (exact) mass is 253 g/mol. The third-order valence-electron chi connectivity index (χ3n) is 2.66. The number of hydrogen-bond donors (Lipinski definition) is 0. The lowest BCUT2D eigenvalue weighted by Gasteiger charge is -2.04. The third kappa shape index (κ3) is 5.75. The van der Waals surface area contributed by atoms with Crippen LogP contribution in [0.1, 0.15) is 55.9 Å². The highest BCUT2D eigenvalue weighted by molar-refractivity contribution is 5.87. The number of unbranched alkanes of at least 4 members (excludes halogenated alkanes) is 5. The van der Waals surface area contributed by atoms with Crippen molar-refractivity contribution in [2.24, 2.45) is 0 Å². The van der Waals surface area contributed by atoms with Crippen LogP contribution < -0.4 is 0 Å². The summed E-state index contributed by atoms with van der Waals surface area (Å²) in [6.45, 7) is 2.55. The molecule has 0 saturated carbocycles. The zero-order chi connectivity index (χ0) is 13.2. The van der Waals surface area contributed by atoms with E-state index < -0.39 is 11.9 Å². The number of carbonyl (C=O) groups excluding carboxylic acids is 1. The van der Waals surface area contributed by atoms with Crippen molar-refractivity contribution in [3.63, 3.8) is 0 Å². The fourth-order valence-corrected chi connectivity index (χ4v) is 1.64. The summed E-state index contributed by atoms with van der Waals surface area (Å²) in [4.78, 5) is 15.0. The maximum atomic E-state index is 12.8. The largest absolute Gasteiger partial charge is 0.461 e. The first-order valence-electron chi connectivity index (χ1n) is 6.53. The minimum atomic E-state index is -0.663. The molecule has 0 unspecified atom stereocenters. The highest BCUT2D eigenvalue weighted by Crippen LogP contribution is 2.06. The van der Waals surface area contributed by atoms with Crippen molar-refractivity contribution in [3.05, 3.63) is 29.8 Å². The lowest BCUT2D eigenvalue weighted by Crippen LogP contribution is -2.09. The Kier molecular flexibility index (Phi) is 6.99. The zero-order valence-corrected chi connectivity index (χ0v) is 10.8. The molecule has 0 amide bonds. The minimum absolute atomic E-state index is 0.0287. The fourth-order valence-electron chi connectivity index (χ4n) is 1.64. The van der Waals surface area contributed by atoms with Crippen LogP contribution in [0.3, 0.4) is 0 Å². The molecule has 0 spiro atoms. The fraction of sp³-hybridized carbons (Fsp3) is 0.571. The van der Waals surface area contributed by atoms with E-state index in [0.29, 0.717) is 6.61 Å². The van der Waals surface area contributed by atoms with Crippen LogP contribution in [-0.4, -0.2) is 17.6 Å². The smallest absolute Gasteiger partial charge is 0.357 e. The summed E-state index contributed by atoms with van der Waals surface area (Å²) in [6.07, 6.45) is 6.79. The maximum Gasteiger partial charge on any atom is 0.357 e. The van der Waals surface area contributed by atoms with Crippen molar-refractivity contribution in [2.75, 3.05) is 6.61 Å². The molecule has 0 radical (unpaired) electrons. The number of halogens is 1. The molecule has 0 saturated heterocycles. The third-order valence-corrected chi connectivity index (χ3v) is 2.66. The molecule has 0 aliphatic carbocycles. The molecular formula is C14H20FNO2. The van der Waals surface area contributed by atoms with E-state index in [0.717, 1.165) is 12.8 Å². The molecule has 0 bridgehead atoms. The zero-order valence-electron chi connectivity index (χ0n) is 10.8. The Morgan fingerprint density at radius 3 is 2.67 bits per heavy atom. The molecule has 0 fully saturated rings. The van der Waals surface area contributed by atoms with E-state index in [4.69, 9.17) is 4.74 Å². The van der Waals surface area contributed by atoms with Gasteiger partial charge in [-0.1, -0.05) is 45.1 Å². The molecule has 0 atom stereocenters. The van der Waals surface area contributed by atoms with Crippen LogP contribution in [-0.2, 0) is 4.74 Å². The highest BCUT2D eigenvalue weighted by Gasteiger charge is 2.08. The van der Waals surface area contributed by atoms with Crippen LogP contribution in [0.15, 0.2) is 18.2 Å². The van der Waals surface area contributed by atoms with Gasteiger partial charge in [0.05, 0.1) is 6.61 Å². The first-order valence-corrected chi connectivity index (χ1v) is 6.53. The summed E-state index contributed by atoms with van der Waals surface area (Å²) in [6, 6.07) is 4.10. The van der Waals surface area contributed by atoms with Crippen LogP contribution in [0.5, 0.6) is 0 Å². The summed E-state index contributed by atoms with van der Waals surface area (Å²) < 4.78 is 17.8. The van der Waals surface area contributed by atoms with Gasteiger partial charge >= 0.3 is 5.97 Å². The molecule has 0 aliphatic rings. The normalized spacial score (nSPS) is 10.3. The highest BCUT2D eigenvalue weighted by atomic mass is 19.1. The molecule has 0 aliphatic heterocycles. The van der Waals surface area contributed by atoms with E-state index in [-0.39, 0.29) is 5.69 Å². The number of nitrogens with zero attached hydrogens (tertiary/aromatic N) is 1. The summed E-state index contributed by atoms with van der Waals surface area (Å²) in [7, 11) is 0. The number of rotatable bonds is 8. The Labute approximate surface area is 107 Å². The second-order valence-electron chi connectivity index (χ2n) is 4.25. The standard InChI is InChI=1S/C14H20FNO2/c1-2-3-4-5-6-7-11-18-14(17)12-9-8-10-13(15)16-12/h8-10H,2-7,11H2,1H3. The van der Waals surface area contributed by atoms with Crippen molar-refractivity contribution in [3.8, 4) is 0 Å². The molecular weight excluding hydrogens is 233 g/mol. The van der Waals surface area contributed by atoms with Crippen LogP contribution in [0.4, 0.5) is 4.39 Å². The average Bonchev–Trinajstić information content (AvgIpc) is 2.37. The van der Waals surface area contributed by atoms with Gasteiger partial charge in [0.25, 0.3) is 0 Å². The van der Waals surface area contributed by atoms with Crippen LogP contribution in [0.25, 0.3) is 0 Å². The molecule has 0 aromatic carbocycles. The Morgan fingerprint density at radius 1 is 1.22 bits per heavy atom. The Hall–Kier alpha value is -1.45. The second-order valence-corrected chi connectivity index (χ2v) is 4.25. The molecule has 1 aromatic rings. The van der Waals surface area contributed by atoms with Crippen molar-refractivity contribution in [2.45, 2.75) is 45.4 Å². The number of carbonyl (C=O) groups is 1. The van der Waals surface area contributed by atoms with Gasteiger partial charge in [0.15, 0.2) is 5.69 Å². The van der Waals surface area contributed by atoms with Crippen molar-refractivity contribution < 1.29 is 13.9 Å². The Bertz CT molecular complexity index is 369. The quantitative estimate of drug-likeness (QED) is 0.402. The summed E-state index contributed by atoms with van der Waals surface area (Å²) in [5.41, 5.74) is 0.0287. The van der Waals surface area contributed by atoms with Crippen LogP contribution in [0, 0.1) is 5.95 Å². The van der Waals surface area contributed by atoms with Gasteiger partial charge in [-0.3, -0.25) is 0 Å². The summed E-state index contributed by atoms with van der Waals surface area (Å²) in [5.74, 6) is -1.22. The summed E-state index contributed by atoms with van der Waals surface area (Å²) in [5, 5.41) is 0. The second kappa shape index (κ2) is 8.61. The van der Waals surface area contributed by atoms with Gasteiger partial charge < -0.3 is 4.74 Å². The number of hydrogen-bond acceptors (Lipinski definition) is 3. The molecule has 1 heterocycles. The van der Waals surface area contributed by atoms with Gasteiger partial charge in [0.2, 0.25) is 5.95 Å². The van der Waals surface area contributed by atoms with Gasteiger partial charge in [-0.05, 0) is 18.6 Å². The first kappa shape index (κ1) is 14.6. The van der Waals surface area contributed by atoms with Gasteiger partial charge in [0.1, 0.15) is 0 Å². The molecule has 4 heteroatoms. The topological polar surface area (TPSA) is 39.2 Å². The molecule has 18 heavy (non-hydrogen) atoms. The number of aromatic nitrogens is 1. The van der Waals surface area contributed by atoms with E-state index in [1.54, 1.807) is 0 Å². The molecule has 0 N–H and O–H groups in total. The van der Waals surface area contributed by atoms with E-state index in [9.17, 15) is 9.18 Å². The van der Waals surface area contributed by atoms with E-state index in [1.165, 1.54) is 43.9 Å². The lowest BCUT2D eigenvalue weighted by atomic mass is 10.1. The SMILES string of the molecule is CCCCCCCCOC(=O)c1cccc(F)n1. The first-order chi connectivity index (χ1) is 8.74. The molecule has 1 rings (SSSR count).